The summed E-state index contributed by atoms with van der Waals surface area (Å²) in [4.78, 5) is 22.9. The lowest BCUT2D eigenvalue weighted by molar-refractivity contribution is -0.141. The SMILES string of the molecule is CCCC(CNC(=O)Nc1c(C)cc(C)cc1Br)C(=O)O. The van der Waals surface area contributed by atoms with Crippen LogP contribution in [-0.2, 0) is 4.79 Å². The molecule has 0 saturated heterocycles. The quantitative estimate of drug-likeness (QED) is 0.727. The maximum atomic E-state index is 11.9. The standard InChI is InChI=1S/C15H21BrN2O3/c1-4-5-11(14(19)20)8-17-15(21)18-13-10(3)6-9(2)7-12(13)16/h6-7,11H,4-5,8H2,1-3H3,(H,19,20)(H2,17,18,21). The van der Waals surface area contributed by atoms with Crippen molar-refractivity contribution in [1.29, 1.82) is 0 Å². The van der Waals surface area contributed by atoms with Crippen molar-refractivity contribution in [1.82, 2.24) is 5.32 Å². The number of hydrogen-bond donors (Lipinski definition) is 3. The smallest absolute Gasteiger partial charge is 0.319 e. The summed E-state index contributed by atoms with van der Waals surface area (Å²) in [6.45, 7) is 5.93. The predicted molar refractivity (Wildman–Crippen MR) is 86.7 cm³/mol. The van der Waals surface area contributed by atoms with Crippen LogP contribution in [0, 0.1) is 19.8 Å². The molecule has 2 amide bonds. The first-order chi connectivity index (χ1) is 9.85. The van der Waals surface area contributed by atoms with E-state index in [1.54, 1.807) is 0 Å². The molecule has 0 spiro atoms. The Balaban J connectivity index is 2.64. The predicted octanol–water partition coefficient (Wildman–Crippen LogP) is 3.69. The van der Waals surface area contributed by atoms with Gasteiger partial charge in [-0.1, -0.05) is 19.4 Å². The summed E-state index contributed by atoms with van der Waals surface area (Å²) >= 11 is 3.42. The van der Waals surface area contributed by atoms with Crippen LogP contribution in [0.1, 0.15) is 30.9 Å². The summed E-state index contributed by atoms with van der Waals surface area (Å²) < 4.78 is 0.804. The average molecular weight is 357 g/mol. The Morgan fingerprint density at radius 3 is 2.52 bits per heavy atom. The highest BCUT2D eigenvalue weighted by Gasteiger charge is 2.17. The fourth-order valence-corrected chi connectivity index (χ4v) is 2.88. The van der Waals surface area contributed by atoms with E-state index in [0.29, 0.717) is 12.1 Å². The normalized spacial score (nSPS) is 11.8. The van der Waals surface area contributed by atoms with Crippen molar-refractivity contribution >= 4 is 33.6 Å². The Morgan fingerprint density at radius 1 is 1.33 bits per heavy atom. The first-order valence-corrected chi connectivity index (χ1v) is 7.68. The van der Waals surface area contributed by atoms with Crippen molar-refractivity contribution < 1.29 is 14.7 Å². The molecular weight excluding hydrogens is 336 g/mol. The van der Waals surface area contributed by atoms with Gasteiger partial charge in [0.2, 0.25) is 0 Å². The van der Waals surface area contributed by atoms with Crippen molar-refractivity contribution in [2.75, 3.05) is 11.9 Å². The summed E-state index contributed by atoms with van der Waals surface area (Å²) in [5.74, 6) is -1.44. The van der Waals surface area contributed by atoms with Crippen LogP contribution in [0.3, 0.4) is 0 Å². The lowest BCUT2D eigenvalue weighted by atomic mass is 10.0. The number of carbonyl (C=O) groups excluding carboxylic acids is 1. The third kappa shape index (κ3) is 5.38. The van der Waals surface area contributed by atoms with E-state index in [1.807, 2.05) is 32.9 Å². The third-order valence-corrected chi connectivity index (χ3v) is 3.79. The van der Waals surface area contributed by atoms with Gasteiger partial charge >= 0.3 is 12.0 Å². The second kappa shape index (κ2) is 8.02. The zero-order chi connectivity index (χ0) is 16.0. The minimum Gasteiger partial charge on any atom is -0.481 e. The van der Waals surface area contributed by atoms with Crippen LogP contribution in [0.15, 0.2) is 16.6 Å². The van der Waals surface area contributed by atoms with Gasteiger partial charge in [0.05, 0.1) is 11.6 Å². The molecule has 1 aromatic rings. The van der Waals surface area contributed by atoms with Gasteiger partial charge in [-0.15, -0.1) is 0 Å². The summed E-state index contributed by atoms with van der Waals surface area (Å²) in [6.07, 6.45) is 1.31. The van der Waals surface area contributed by atoms with Crippen LogP contribution in [0.2, 0.25) is 0 Å². The summed E-state index contributed by atoms with van der Waals surface area (Å²) in [7, 11) is 0. The van der Waals surface area contributed by atoms with Gasteiger partial charge in [-0.3, -0.25) is 4.79 Å². The minimum atomic E-state index is -0.884. The third-order valence-electron chi connectivity index (χ3n) is 3.17. The number of rotatable bonds is 6. The van der Waals surface area contributed by atoms with Gasteiger partial charge in [-0.25, -0.2) is 4.79 Å². The molecule has 21 heavy (non-hydrogen) atoms. The number of carboxylic acids is 1. The van der Waals surface area contributed by atoms with Crippen LogP contribution in [0.5, 0.6) is 0 Å². The monoisotopic (exact) mass is 356 g/mol. The van der Waals surface area contributed by atoms with E-state index >= 15 is 0 Å². The molecule has 0 bridgehead atoms. The highest BCUT2D eigenvalue weighted by molar-refractivity contribution is 9.10. The molecule has 0 saturated carbocycles. The molecule has 6 heteroatoms. The number of carbonyl (C=O) groups is 2. The average Bonchev–Trinajstić information content (AvgIpc) is 2.38. The Morgan fingerprint density at radius 2 is 2.00 bits per heavy atom. The van der Waals surface area contributed by atoms with Crippen molar-refractivity contribution in [2.24, 2.45) is 5.92 Å². The van der Waals surface area contributed by atoms with E-state index in [1.165, 1.54) is 0 Å². The lowest BCUT2D eigenvalue weighted by Gasteiger charge is -2.15. The molecule has 0 radical (unpaired) electrons. The van der Waals surface area contributed by atoms with Crippen LogP contribution in [0.4, 0.5) is 10.5 Å². The van der Waals surface area contributed by atoms with Gasteiger partial charge in [-0.05, 0) is 53.4 Å². The van der Waals surface area contributed by atoms with Crippen LogP contribution in [0.25, 0.3) is 0 Å². The number of amides is 2. The van der Waals surface area contributed by atoms with E-state index in [0.717, 1.165) is 22.0 Å². The number of nitrogens with one attached hydrogen (secondary N) is 2. The maximum Gasteiger partial charge on any atom is 0.319 e. The first-order valence-electron chi connectivity index (χ1n) is 6.89. The van der Waals surface area contributed by atoms with Crippen LogP contribution in [-0.4, -0.2) is 23.7 Å². The molecule has 0 aliphatic heterocycles. The minimum absolute atomic E-state index is 0.123. The highest BCUT2D eigenvalue weighted by atomic mass is 79.9. The molecule has 0 aromatic heterocycles. The number of anilines is 1. The summed E-state index contributed by atoms with van der Waals surface area (Å²) in [5.41, 5.74) is 2.74. The molecule has 5 nitrogen and oxygen atoms in total. The fraction of sp³-hybridized carbons (Fsp3) is 0.467. The number of aliphatic carboxylic acids is 1. The zero-order valence-electron chi connectivity index (χ0n) is 12.5. The van der Waals surface area contributed by atoms with Crippen LogP contribution >= 0.6 is 15.9 Å². The topological polar surface area (TPSA) is 78.4 Å². The van der Waals surface area contributed by atoms with Gasteiger partial charge < -0.3 is 15.7 Å². The van der Waals surface area contributed by atoms with Crippen molar-refractivity contribution in [2.45, 2.75) is 33.6 Å². The molecule has 0 aliphatic carbocycles. The first kappa shape index (κ1) is 17.5. The highest BCUT2D eigenvalue weighted by Crippen LogP contribution is 2.27. The Labute approximate surface area is 133 Å². The van der Waals surface area contributed by atoms with Crippen LogP contribution < -0.4 is 10.6 Å². The number of carboxylic acid groups (broad SMARTS) is 1. The second-order valence-corrected chi connectivity index (χ2v) is 5.95. The summed E-state index contributed by atoms with van der Waals surface area (Å²) in [6, 6.07) is 3.49. The molecule has 116 valence electrons. The van der Waals surface area contributed by atoms with Gasteiger partial charge in [0, 0.05) is 11.0 Å². The maximum absolute atomic E-state index is 11.9. The molecule has 0 fully saturated rings. The molecule has 3 N–H and O–H groups in total. The lowest BCUT2D eigenvalue weighted by Crippen LogP contribution is -2.36. The van der Waals surface area contributed by atoms with E-state index in [9.17, 15) is 9.59 Å². The zero-order valence-corrected chi connectivity index (χ0v) is 14.1. The molecule has 0 heterocycles. The van der Waals surface area contributed by atoms with E-state index in [-0.39, 0.29) is 6.54 Å². The number of benzene rings is 1. The fourth-order valence-electron chi connectivity index (χ4n) is 2.11. The molecule has 0 aliphatic rings. The van der Waals surface area contributed by atoms with Gasteiger partial charge in [0.25, 0.3) is 0 Å². The number of urea groups is 1. The van der Waals surface area contributed by atoms with Gasteiger partial charge in [0.15, 0.2) is 0 Å². The van der Waals surface area contributed by atoms with Crippen molar-refractivity contribution in [3.63, 3.8) is 0 Å². The van der Waals surface area contributed by atoms with E-state index in [4.69, 9.17) is 5.11 Å². The Bertz CT molecular complexity index is 509. The molecule has 1 rings (SSSR count). The molecular formula is C15H21BrN2O3. The Hall–Kier alpha value is -1.56. The van der Waals surface area contributed by atoms with Gasteiger partial charge in [0.1, 0.15) is 0 Å². The van der Waals surface area contributed by atoms with Crippen molar-refractivity contribution in [3.8, 4) is 0 Å². The van der Waals surface area contributed by atoms with E-state index in [2.05, 4.69) is 26.6 Å². The number of hydrogen-bond acceptors (Lipinski definition) is 2. The number of aryl methyl sites for hydroxylation is 2. The largest absolute Gasteiger partial charge is 0.481 e. The second-order valence-electron chi connectivity index (χ2n) is 5.10. The molecule has 1 atom stereocenters. The van der Waals surface area contributed by atoms with E-state index < -0.39 is 17.9 Å². The number of halogens is 1. The summed E-state index contributed by atoms with van der Waals surface area (Å²) in [5, 5.41) is 14.4. The van der Waals surface area contributed by atoms with Crippen molar-refractivity contribution in [3.05, 3.63) is 27.7 Å². The molecule has 1 aromatic carbocycles. The Kier molecular flexibility index (Phi) is 6.68. The molecule has 1 unspecified atom stereocenters. The van der Waals surface area contributed by atoms with Gasteiger partial charge in [-0.2, -0.15) is 0 Å².